The molecule has 2 aromatic rings. The van der Waals surface area contributed by atoms with E-state index in [0.29, 0.717) is 5.82 Å². The standard InChI is InChI=1S/C16H17F2N3S/c1-10-6-11(2)20-15(7-10)21-16(22)19-9-14(18)12-4-3-5-13(17)8-12/h3-8,14H,9H2,1-2H3,(H2,19,20,21,22). The van der Waals surface area contributed by atoms with E-state index in [4.69, 9.17) is 12.2 Å². The van der Waals surface area contributed by atoms with E-state index in [-0.39, 0.29) is 17.2 Å². The summed E-state index contributed by atoms with van der Waals surface area (Å²) in [6.07, 6.45) is -1.34. The van der Waals surface area contributed by atoms with Gasteiger partial charge in [-0.25, -0.2) is 13.8 Å². The highest BCUT2D eigenvalue weighted by Crippen LogP contribution is 2.17. The van der Waals surface area contributed by atoms with Crippen LogP contribution >= 0.6 is 12.2 Å². The average molecular weight is 321 g/mol. The highest BCUT2D eigenvalue weighted by atomic mass is 32.1. The van der Waals surface area contributed by atoms with E-state index in [9.17, 15) is 8.78 Å². The molecule has 116 valence electrons. The van der Waals surface area contributed by atoms with Gasteiger partial charge >= 0.3 is 0 Å². The molecule has 0 bridgehead atoms. The molecule has 3 nitrogen and oxygen atoms in total. The molecule has 0 amide bonds. The number of halogens is 2. The molecule has 6 heteroatoms. The Morgan fingerprint density at radius 3 is 2.73 bits per heavy atom. The van der Waals surface area contributed by atoms with Gasteiger partial charge in [0.25, 0.3) is 0 Å². The Morgan fingerprint density at radius 2 is 2.05 bits per heavy atom. The molecular weight excluding hydrogens is 304 g/mol. The van der Waals surface area contributed by atoms with Crippen molar-refractivity contribution in [3.05, 3.63) is 59.0 Å². The van der Waals surface area contributed by atoms with Crippen LogP contribution in [0, 0.1) is 19.7 Å². The normalized spacial score (nSPS) is 11.8. The highest BCUT2D eigenvalue weighted by molar-refractivity contribution is 7.80. The lowest BCUT2D eigenvalue weighted by Gasteiger charge is -2.13. The smallest absolute Gasteiger partial charge is 0.172 e. The van der Waals surface area contributed by atoms with E-state index in [1.165, 1.54) is 24.3 Å². The Morgan fingerprint density at radius 1 is 1.27 bits per heavy atom. The lowest BCUT2D eigenvalue weighted by atomic mass is 10.1. The number of rotatable bonds is 4. The van der Waals surface area contributed by atoms with Crippen LogP contribution in [0.15, 0.2) is 36.4 Å². The maximum absolute atomic E-state index is 14.0. The van der Waals surface area contributed by atoms with Crippen molar-refractivity contribution in [3.8, 4) is 0 Å². The molecule has 22 heavy (non-hydrogen) atoms. The Labute approximate surface area is 133 Å². The molecule has 1 aromatic heterocycles. The van der Waals surface area contributed by atoms with Gasteiger partial charge in [0.05, 0.1) is 6.54 Å². The number of anilines is 1. The van der Waals surface area contributed by atoms with Crippen molar-refractivity contribution in [3.63, 3.8) is 0 Å². The highest BCUT2D eigenvalue weighted by Gasteiger charge is 2.11. The van der Waals surface area contributed by atoms with E-state index < -0.39 is 12.0 Å². The zero-order valence-corrected chi connectivity index (χ0v) is 13.2. The van der Waals surface area contributed by atoms with Crippen LogP contribution in [0.1, 0.15) is 23.0 Å². The third-order valence-electron chi connectivity index (χ3n) is 2.99. The lowest BCUT2D eigenvalue weighted by molar-refractivity contribution is 0.342. The third-order valence-corrected chi connectivity index (χ3v) is 3.24. The Balaban J connectivity index is 1.89. The van der Waals surface area contributed by atoms with Crippen molar-refractivity contribution < 1.29 is 8.78 Å². The fourth-order valence-corrected chi connectivity index (χ4v) is 2.26. The number of aromatic nitrogens is 1. The second kappa shape index (κ2) is 7.26. The Kier molecular flexibility index (Phi) is 5.38. The molecule has 1 atom stereocenters. The average Bonchev–Trinajstić information content (AvgIpc) is 2.43. The van der Waals surface area contributed by atoms with E-state index >= 15 is 0 Å². The van der Waals surface area contributed by atoms with Crippen molar-refractivity contribution in [1.29, 1.82) is 0 Å². The van der Waals surface area contributed by atoms with Gasteiger partial charge in [-0.05, 0) is 61.5 Å². The molecule has 0 radical (unpaired) electrons. The molecule has 0 saturated carbocycles. The fraction of sp³-hybridized carbons (Fsp3) is 0.250. The van der Waals surface area contributed by atoms with Crippen LogP contribution in [0.25, 0.3) is 0 Å². The predicted octanol–water partition coefficient (Wildman–Crippen LogP) is 3.83. The number of hydrogen-bond donors (Lipinski definition) is 2. The minimum atomic E-state index is -1.34. The third kappa shape index (κ3) is 4.73. The summed E-state index contributed by atoms with van der Waals surface area (Å²) in [6, 6.07) is 9.27. The molecule has 0 aliphatic heterocycles. The summed E-state index contributed by atoms with van der Waals surface area (Å²) in [5.41, 5.74) is 2.20. The van der Waals surface area contributed by atoms with Gasteiger partial charge in [0.1, 0.15) is 17.8 Å². The molecule has 0 fully saturated rings. The fourth-order valence-electron chi connectivity index (χ4n) is 2.07. The molecule has 0 aliphatic rings. The van der Waals surface area contributed by atoms with Crippen molar-refractivity contribution >= 4 is 23.1 Å². The number of thiocarbonyl (C=S) groups is 1. The summed E-state index contributed by atoms with van der Waals surface area (Å²) in [5, 5.41) is 5.96. The first-order valence-corrected chi connectivity index (χ1v) is 7.24. The van der Waals surface area contributed by atoms with Gasteiger partial charge in [0.2, 0.25) is 0 Å². The van der Waals surface area contributed by atoms with Crippen LogP contribution in [0.5, 0.6) is 0 Å². The maximum Gasteiger partial charge on any atom is 0.172 e. The lowest BCUT2D eigenvalue weighted by Crippen LogP contribution is -2.31. The van der Waals surface area contributed by atoms with Crippen molar-refractivity contribution in [1.82, 2.24) is 10.3 Å². The van der Waals surface area contributed by atoms with Crippen LogP contribution in [-0.2, 0) is 0 Å². The molecule has 1 heterocycles. The topological polar surface area (TPSA) is 37.0 Å². The summed E-state index contributed by atoms with van der Waals surface area (Å²) in [7, 11) is 0. The maximum atomic E-state index is 14.0. The van der Waals surface area contributed by atoms with E-state index in [1.54, 1.807) is 0 Å². The largest absolute Gasteiger partial charge is 0.359 e. The van der Waals surface area contributed by atoms with Crippen molar-refractivity contribution in [2.24, 2.45) is 0 Å². The van der Waals surface area contributed by atoms with Crippen LogP contribution in [-0.4, -0.2) is 16.6 Å². The van der Waals surface area contributed by atoms with Crippen molar-refractivity contribution in [2.75, 3.05) is 11.9 Å². The van der Waals surface area contributed by atoms with Gasteiger partial charge in [-0.3, -0.25) is 0 Å². The van der Waals surface area contributed by atoms with E-state index in [1.807, 2.05) is 26.0 Å². The summed E-state index contributed by atoms with van der Waals surface area (Å²) in [5.74, 6) is 0.149. The predicted molar refractivity (Wildman–Crippen MR) is 88.2 cm³/mol. The molecule has 2 rings (SSSR count). The first-order valence-electron chi connectivity index (χ1n) is 6.84. The minimum absolute atomic E-state index is 0.0416. The van der Waals surface area contributed by atoms with Crippen molar-refractivity contribution in [2.45, 2.75) is 20.0 Å². The van der Waals surface area contributed by atoms with Crippen LogP contribution < -0.4 is 10.6 Å². The summed E-state index contributed by atoms with van der Waals surface area (Å²) in [4.78, 5) is 4.29. The number of aryl methyl sites for hydroxylation is 2. The zero-order valence-electron chi connectivity index (χ0n) is 12.4. The number of hydrogen-bond acceptors (Lipinski definition) is 2. The first kappa shape index (κ1) is 16.3. The van der Waals surface area contributed by atoms with Crippen LogP contribution in [0.2, 0.25) is 0 Å². The molecule has 0 aliphatic carbocycles. The van der Waals surface area contributed by atoms with Gasteiger partial charge < -0.3 is 10.6 Å². The van der Waals surface area contributed by atoms with E-state index in [0.717, 1.165) is 11.3 Å². The Bertz CT molecular complexity index is 656. The number of nitrogens with one attached hydrogen (secondary N) is 2. The summed E-state index contributed by atoms with van der Waals surface area (Å²) < 4.78 is 27.1. The molecule has 1 aromatic carbocycles. The van der Waals surface area contributed by atoms with Crippen LogP contribution in [0.3, 0.4) is 0 Å². The number of alkyl halides is 1. The molecule has 0 spiro atoms. The van der Waals surface area contributed by atoms with Gasteiger partial charge in [0.15, 0.2) is 5.11 Å². The van der Waals surface area contributed by atoms with Gasteiger partial charge in [-0.15, -0.1) is 0 Å². The SMILES string of the molecule is Cc1cc(C)nc(NC(=S)NCC(F)c2cccc(F)c2)c1. The van der Waals surface area contributed by atoms with Gasteiger partial charge in [-0.2, -0.15) is 0 Å². The zero-order chi connectivity index (χ0) is 16.1. The molecule has 2 N–H and O–H groups in total. The van der Waals surface area contributed by atoms with Crippen LogP contribution in [0.4, 0.5) is 14.6 Å². The molecular formula is C16H17F2N3S. The summed E-state index contributed by atoms with van der Waals surface area (Å²) in [6.45, 7) is 3.80. The number of benzene rings is 1. The molecule has 1 unspecified atom stereocenters. The number of pyridine rings is 1. The molecule has 0 saturated heterocycles. The second-order valence-corrected chi connectivity index (χ2v) is 5.44. The number of nitrogens with zero attached hydrogens (tertiary/aromatic N) is 1. The minimum Gasteiger partial charge on any atom is -0.359 e. The monoisotopic (exact) mass is 321 g/mol. The second-order valence-electron chi connectivity index (χ2n) is 5.03. The van der Waals surface area contributed by atoms with E-state index in [2.05, 4.69) is 15.6 Å². The summed E-state index contributed by atoms with van der Waals surface area (Å²) >= 11 is 5.11. The quantitative estimate of drug-likeness (QED) is 0.839. The Hall–Kier alpha value is -2.08. The first-order chi connectivity index (χ1) is 10.4. The van der Waals surface area contributed by atoms with Gasteiger partial charge in [-0.1, -0.05) is 12.1 Å². The van der Waals surface area contributed by atoms with Gasteiger partial charge in [0, 0.05) is 5.69 Å².